The molecule has 2 N–H and O–H groups in total. The molecule has 1 rings (SSSR count). The largest absolute Gasteiger partial charge is 0.394 e. The van der Waals surface area contributed by atoms with Crippen LogP contribution in [0.3, 0.4) is 0 Å². The molecule has 0 aromatic heterocycles. The number of hydrogen-bond donors (Lipinski definition) is 2. The van der Waals surface area contributed by atoms with E-state index < -0.39 is 6.10 Å². The lowest BCUT2D eigenvalue weighted by atomic mass is 10.1. The maximum absolute atomic E-state index is 9.34. The van der Waals surface area contributed by atoms with Crippen molar-refractivity contribution < 1.29 is 10.2 Å². The van der Waals surface area contributed by atoms with Crippen LogP contribution in [0.2, 0.25) is 0 Å². The number of aryl methyl sites for hydroxylation is 2. The first-order valence-corrected chi connectivity index (χ1v) is 5.12. The van der Waals surface area contributed by atoms with Gasteiger partial charge in [-0.2, -0.15) is 0 Å². The molecule has 1 aromatic carbocycles. The van der Waals surface area contributed by atoms with Crippen molar-refractivity contribution in [3.63, 3.8) is 0 Å². The Morgan fingerprint density at radius 3 is 2.53 bits per heavy atom. The molecule has 0 bridgehead atoms. The standard InChI is InChI=1S/C12H19NO2/c1-9-4-5-12(10(2)6-9)13(3)7-11(15)8-14/h4-6,11,14-15H,7-8H2,1-3H3. The third-order valence-corrected chi connectivity index (χ3v) is 2.46. The van der Waals surface area contributed by atoms with Crippen LogP contribution in [0.15, 0.2) is 18.2 Å². The lowest BCUT2D eigenvalue weighted by Gasteiger charge is -2.23. The lowest BCUT2D eigenvalue weighted by Crippen LogP contribution is -2.31. The molecule has 1 unspecified atom stereocenters. The van der Waals surface area contributed by atoms with Crippen molar-refractivity contribution >= 4 is 5.69 Å². The van der Waals surface area contributed by atoms with E-state index in [2.05, 4.69) is 13.0 Å². The van der Waals surface area contributed by atoms with Gasteiger partial charge in [-0.3, -0.25) is 0 Å². The minimum absolute atomic E-state index is 0.199. The zero-order chi connectivity index (χ0) is 11.4. The number of anilines is 1. The van der Waals surface area contributed by atoms with Crippen LogP contribution in [0.25, 0.3) is 0 Å². The smallest absolute Gasteiger partial charge is 0.0945 e. The van der Waals surface area contributed by atoms with Gasteiger partial charge in [0.15, 0.2) is 0 Å². The number of aliphatic hydroxyl groups excluding tert-OH is 2. The van der Waals surface area contributed by atoms with Crippen molar-refractivity contribution in [2.75, 3.05) is 25.1 Å². The first kappa shape index (κ1) is 12.0. The predicted molar refractivity (Wildman–Crippen MR) is 62.3 cm³/mol. The van der Waals surface area contributed by atoms with Crippen LogP contribution in [-0.4, -0.2) is 36.5 Å². The van der Waals surface area contributed by atoms with Crippen LogP contribution in [0.4, 0.5) is 5.69 Å². The Hall–Kier alpha value is -1.06. The second kappa shape index (κ2) is 5.14. The van der Waals surface area contributed by atoms with Gasteiger partial charge in [0.25, 0.3) is 0 Å². The predicted octanol–water partition coefficient (Wildman–Crippen LogP) is 1.09. The van der Waals surface area contributed by atoms with Crippen LogP contribution in [-0.2, 0) is 0 Å². The van der Waals surface area contributed by atoms with Crippen molar-refractivity contribution in [3.8, 4) is 0 Å². The molecule has 1 atom stereocenters. The molecule has 0 spiro atoms. The molecule has 0 saturated carbocycles. The van der Waals surface area contributed by atoms with E-state index in [4.69, 9.17) is 5.11 Å². The highest BCUT2D eigenvalue weighted by Gasteiger charge is 2.09. The first-order chi connectivity index (χ1) is 7.04. The molecule has 15 heavy (non-hydrogen) atoms. The highest BCUT2D eigenvalue weighted by Crippen LogP contribution is 2.19. The molecule has 0 fully saturated rings. The molecule has 84 valence electrons. The van der Waals surface area contributed by atoms with Gasteiger partial charge in [-0.05, 0) is 25.5 Å². The normalized spacial score (nSPS) is 12.6. The number of likely N-dealkylation sites (N-methyl/N-ethyl adjacent to an activating group) is 1. The number of hydrogen-bond acceptors (Lipinski definition) is 3. The molecule has 0 aliphatic rings. The van der Waals surface area contributed by atoms with Crippen LogP contribution < -0.4 is 4.90 Å². The minimum Gasteiger partial charge on any atom is -0.394 e. The number of aliphatic hydroxyl groups is 2. The van der Waals surface area contributed by atoms with Gasteiger partial charge in [-0.15, -0.1) is 0 Å². The van der Waals surface area contributed by atoms with E-state index in [1.807, 2.05) is 31.0 Å². The van der Waals surface area contributed by atoms with Gasteiger partial charge in [0.05, 0.1) is 12.7 Å². The molecule has 0 amide bonds. The molecule has 0 aliphatic carbocycles. The van der Waals surface area contributed by atoms with Gasteiger partial charge in [-0.1, -0.05) is 17.7 Å². The summed E-state index contributed by atoms with van der Waals surface area (Å²) in [5.41, 5.74) is 3.50. The highest BCUT2D eigenvalue weighted by molar-refractivity contribution is 5.53. The Morgan fingerprint density at radius 2 is 2.00 bits per heavy atom. The summed E-state index contributed by atoms with van der Waals surface area (Å²) in [7, 11) is 1.91. The summed E-state index contributed by atoms with van der Waals surface area (Å²) in [4.78, 5) is 1.95. The fourth-order valence-electron chi connectivity index (χ4n) is 1.71. The van der Waals surface area contributed by atoms with E-state index >= 15 is 0 Å². The quantitative estimate of drug-likeness (QED) is 0.780. The SMILES string of the molecule is Cc1ccc(N(C)CC(O)CO)c(C)c1. The third kappa shape index (κ3) is 3.22. The molecule has 0 radical (unpaired) electrons. The summed E-state index contributed by atoms with van der Waals surface area (Å²) >= 11 is 0. The summed E-state index contributed by atoms with van der Waals surface area (Å²) in [5.74, 6) is 0. The van der Waals surface area contributed by atoms with E-state index in [0.29, 0.717) is 6.54 Å². The Balaban J connectivity index is 2.77. The summed E-state index contributed by atoms with van der Waals surface area (Å²) in [6.45, 7) is 4.35. The number of nitrogens with zero attached hydrogens (tertiary/aromatic N) is 1. The third-order valence-electron chi connectivity index (χ3n) is 2.46. The average molecular weight is 209 g/mol. The van der Waals surface area contributed by atoms with Crippen LogP contribution in [0, 0.1) is 13.8 Å². The number of rotatable bonds is 4. The maximum atomic E-state index is 9.34. The molecular weight excluding hydrogens is 190 g/mol. The lowest BCUT2D eigenvalue weighted by molar-refractivity contribution is 0.101. The van der Waals surface area contributed by atoms with Crippen molar-refractivity contribution in [3.05, 3.63) is 29.3 Å². The zero-order valence-corrected chi connectivity index (χ0v) is 9.57. The van der Waals surface area contributed by atoms with E-state index in [1.54, 1.807) is 0 Å². The van der Waals surface area contributed by atoms with Crippen LogP contribution >= 0.6 is 0 Å². The Morgan fingerprint density at radius 1 is 1.33 bits per heavy atom. The molecule has 0 aliphatic heterocycles. The number of benzene rings is 1. The fraction of sp³-hybridized carbons (Fsp3) is 0.500. The van der Waals surface area contributed by atoms with Crippen LogP contribution in [0.1, 0.15) is 11.1 Å². The van der Waals surface area contributed by atoms with Crippen molar-refractivity contribution in [1.29, 1.82) is 0 Å². The van der Waals surface area contributed by atoms with Gasteiger partial charge in [0.2, 0.25) is 0 Å². The van der Waals surface area contributed by atoms with Gasteiger partial charge >= 0.3 is 0 Å². The summed E-state index contributed by atoms with van der Waals surface area (Å²) < 4.78 is 0. The topological polar surface area (TPSA) is 43.7 Å². The summed E-state index contributed by atoms with van der Waals surface area (Å²) in [6, 6.07) is 6.19. The highest BCUT2D eigenvalue weighted by atomic mass is 16.3. The van der Waals surface area contributed by atoms with E-state index in [9.17, 15) is 5.11 Å². The zero-order valence-electron chi connectivity index (χ0n) is 9.57. The van der Waals surface area contributed by atoms with Gasteiger partial charge in [-0.25, -0.2) is 0 Å². The van der Waals surface area contributed by atoms with Gasteiger partial charge in [0.1, 0.15) is 0 Å². The first-order valence-electron chi connectivity index (χ1n) is 5.12. The Labute approximate surface area is 91.0 Å². The second-order valence-corrected chi connectivity index (χ2v) is 4.01. The molecular formula is C12H19NO2. The monoisotopic (exact) mass is 209 g/mol. The summed E-state index contributed by atoms with van der Waals surface area (Å²) in [6.07, 6.45) is -0.685. The molecule has 3 heteroatoms. The van der Waals surface area contributed by atoms with Crippen molar-refractivity contribution in [2.45, 2.75) is 20.0 Å². The second-order valence-electron chi connectivity index (χ2n) is 4.01. The molecule has 3 nitrogen and oxygen atoms in total. The van der Waals surface area contributed by atoms with E-state index in [1.165, 1.54) is 11.1 Å². The van der Waals surface area contributed by atoms with Gasteiger partial charge < -0.3 is 15.1 Å². The Kier molecular flexibility index (Phi) is 4.12. The summed E-state index contributed by atoms with van der Waals surface area (Å²) in [5, 5.41) is 18.1. The van der Waals surface area contributed by atoms with Crippen LogP contribution in [0.5, 0.6) is 0 Å². The van der Waals surface area contributed by atoms with E-state index in [-0.39, 0.29) is 6.61 Å². The molecule has 1 aromatic rings. The maximum Gasteiger partial charge on any atom is 0.0945 e. The average Bonchev–Trinajstić information content (AvgIpc) is 2.17. The fourth-order valence-corrected chi connectivity index (χ4v) is 1.71. The van der Waals surface area contributed by atoms with Gasteiger partial charge in [0, 0.05) is 19.3 Å². The molecule has 0 heterocycles. The Bertz CT molecular complexity index is 325. The minimum atomic E-state index is -0.685. The van der Waals surface area contributed by atoms with Crippen molar-refractivity contribution in [2.24, 2.45) is 0 Å². The molecule has 0 saturated heterocycles. The van der Waals surface area contributed by atoms with E-state index in [0.717, 1.165) is 5.69 Å². The van der Waals surface area contributed by atoms with Crippen molar-refractivity contribution in [1.82, 2.24) is 0 Å².